The number of hydrogen-bond acceptors (Lipinski definition) is 2. The molecular weight excluding hydrogens is 254 g/mol. The molecule has 0 saturated carbocycles. The first-order valence-electron chi connectivity index (χ1n) is 3.64. The van der Waals surface area contributed by atoms with Crippen molar-refractivity contribution in [2.75, 3.05) is 0 Å². The van der Waals surface area contributed by atoms with Crippen LogP contribution < -0.4 is 5.14 Å². The first-order chi connectivity index (χ1) is 5.88. The van der Waals surface area contributed by atoms with Gasteiger partial charge in [-0.3, -0.25) is 0 Å². The Morgan fingerprint density at radius 2 is 2.08 bits per heavy atom. The maximum Gasteiger partial charge on any atom is 0.213 e. The van der Waals surface area contributed by atoms with Crippen molar-refractivity contribution in [3.8, 4) is 0 Å². The van der Waals surface area contributed by atoms with Crippen molar-refractivity contribution in [3.63, 3.8) is 0 Å². The lowest BCUT2D eigenvalue weighted by atomic mass is 10.2. The third-order valence-corrected chi connectivity index (χ3v) is 3.22. The highest BCUT2D eigenvalue weighted by Crippen LogP contribution is 2.17. The summed E-state index contributed by atoms with van der Waals surface area (Å²) >= 11 is 3.33. The van der Waals surface area contributed by atoms with Gasteiger partial charge in [-0.15, -0.1) is 0 Å². The van der Waals surface area contributed by atoms with Crippen LogP contribution in [-0.2, 0) is 15.8 Å². The smallest absolute Gasteiger partial charge is 0.213 e. The second-order valence-corrected chi connectivity index (χ2v) is 5.36. The van der Waals surface area contributed by atoms with E-state index in [4.69, 9.17) is 5.14 Å². The number of sulfonamides is 1. The Kier molecular flexibility index (Phi) is 3.10. The van der Waals surface area contributed by atoms with E-state index in [1.807, 2.05) is 13.0 Å². The SMILES string of the molecule is Cc1cc(CS(N)(=O)=O)ccc1Br. The molecule has 1 aromatic rings. The van der Waals surface area contributed by atoms with Gasteiger partial charge in [0.1, 0.15) is 0 Å². The Hall–Kier alpha value is -0.390. The predicted octanol–water partition coefficient (Wildman–Crippen LogP) is 1.55. The van der Waals surface area contributed by atoms with E-state index >= 15 is 0 Å². The van der Waals surface area contributed by atoms with Crippen molar-refractivity contribution in [1.82, 2.24) is 0 Å². The molecule has 13 heavy (non-hydrogen) atoms. The van der Waals surface area contributed by atoms with Gasteiger partial charge in [0, 0.05) is 4.47 Å². The minimum absolute atomic E-state index is 0.110. The summed E-state index contributed by atoms with van der Waals surface area (Å²) in [4.78, 5) is 0. The van der Waals surface area contributed by atoms with Crippen LogP contribution in [0.2, 0.25) is 0 Å². The van der Waals surface area contributed by atoms with E-state index in [0.29, 0.717) is 5.56 Å². The second-order valence-electron chi connectivity index (χ2n) is 2.89. The van der Waals surface area contributed by atoms with Gasteiger partial charge in [-0.05, 0) is 24.1 Å². The van der Waals surface area contributed by atoms with Gasteiger partial charge in [0.25, 0.3) is 0 Å². The van der Waals surface area contributed by atoms with E-state index in [-0.39, 0.29) is 5.75 Å². The quantitative estimate of drug-likeness (QED) is 0.880. The Labute approximate surface area is 86.1 Å². The number of primary sulfonamides is 1. The number of nitrogens with two attached hydrogens (primary N) is 1. The van der Waals surface area contributed by atoms with Crippen LogP contribution in [0.5, 0.6) is 0 Å². The van der Waals surface area contributed by atoms with Gasteiger partial charge in [0.2, 0.25) is 10.0 Å². The molecule has 0 amide bonds. The molecule has 0 bridgehead atoms. The van der Waals surface area contributed by atoms with Crippen LogP contribution >= 0.6 is 15.9 Å². The summed E-state index contributed by atoms with van der Waals surface area (Å²) in [6, 6.07) is 5.35. The summed E-state index contributed by atoms with van der Waals surface area (Å²) < 4.78 is 22.5. The summed E-state index contributed by atoms with van der Waals surface area (Å²) in [5.74, 6) is -0.110. The van der Waals surface area contributed by atoms with Gasteiger partial charge in [-0.25, -0.2) is 13.6 Å². The highest BCUT2D eigenvalue weighted by atomic mass is 79.9. The zero-order chi connectivity index (χ0) is 10.1. The lowest BCUT2D eigenvalue weighted by Crippen LogP contribution is -2.14. The maximum atomic E-state index is 10.8. The van der Waals surface area contributed by atoms with Gasteiger partial charge in [0.05, 0.1) is 5.75 Å². The van der Waals surface area contributed by atoms with Crippen molar-refractivity contribution in [2.45, 2.75) is 12.7 Å². The average Bonchev–Trinajstić information content (AvgIpc) is 1.94. The third-order valence-electron chi connectivity index (χ3n) is 1.59. The fourth-order valence-electron chi connectivity index (χ4n) is 1.03. The van der Waals surface area contributed by atoms with Gasteiger partial charge in [0.15, 0.2) is 0 Å². The molecular formula is C8H10BrNO2S. The predicted molar refractivity (Wildman–Crippen MR) is 55.7 cm³/mol. The first kappa shape index (κ1) is 10.7. The lowest BCUT2D eigenvalue weighted by Gasteiger charge is -2.02. The summed E-state index contributed by atoms with van der Waals surface area (Å²) in [7, 11) is -3.42. The topological polar surface area (TPSA) is 60.2 Å². The summed E-state index contributed by atoms with van der Waals surface area (Å²) in [5, 5.41) is 4.92. The minimum atomic E-state index is -3.42. The molecule has 0 aliphatic rings. The van der Waals surface area contributed by atoms with Crippen LogP contribution in [-0.4, -0.2) is 8.42 Å². The Balaban J connectivity index is 2.99. The molecule has 0 aromatic heterocycles. The van der Waals surface area contributed by atoms with Gasteiger partial charge >= 0.3 is 0 Å². The fraction of sp³-hybridized carbons (Fsp3) is 0.250. The Morgan fingerprint density at radius 3 is 2.54 bits per heavy atom. The Morgan fingerprint density at radius 1 is 1.46 bits per heavy atom. The van der Waals surface area contributed by atoms with Crippen molar-refractivity contribution >= 4 is 26.0 Å². The minimum Gasteiger partial charge on any atom is -0.228 e. The standard InChI is InChI=1S/C8H10BrNO2S/c1-6-4-7(2-3-8(6)9)5-13(10,11)12/h2-4H,5H2,1H3,(H2,10,11,12). The molecule has 0 aliphatic heterocycles. The molecule has 0 unspecified atom stereocenters. The van der Waals surface area contributed by atoms with Crippen LogP contribution in [0.15, 0.2) is 22.7 Å². The average molecular weight is 264 g/mol. The molecule has 5 heteroatoms. The molecule has 0 heterocycles. The lowest BCUT2D eigenvalue weighted by molar-refractivity contribution is 0.597. The van der Waals surface area contributed by atoms with Crippen LogP contribution in [0.25, 0.3) is 0 Å². The van der Waals surface area contributed by atoms with Gasteiger partial charge < -0.3 is 0 Å². The molecule has 1 aromatic carbocycles. The van der Waals surface area contributed by atoms with E-state index in [9.17, 15) is 8.42 Å². The van der Waals surface area contributed by atoms with Crippen LogP contribution in [0.4, 0.5) is 0 Å². The number of halogens is 1. The maximum absolute atomic E-state index is 10.8. The molecule has 2 N–H and O–H groups in total. The van der Waals surface area contributed by atoms with Crippen molar-refractivity contribution < 1.29 is 8.42 Å². The normalized spacial score (nSPS) is 11.6. The zero-order valence-electron chi connectivity index (χ0n) is 7.12. The molecule has 0 fully saturated rings. The second kappa shape index (κ2) is 3.77. The molecule has 72 valence electrons. The molecule has 0 atom stereocenters. The summed E-state index contributed by atoms with van der Waals surface area (Å²) in [6.45, 7) is 1.90. The van der Waals surface area contributed by atoms with E-state index in [1.54, 1.807) is 12.1 Å². The molecule has 0 radical (unpaired) electrons. The fourth-order valence-corrected chi connectivity index (χ4v) is 1.92. The highest BCUT2D eigenvalue weighted by molar-refractivity contribution is 9.10. The van der Waals surface area contributed by atoms with Crippen LogP contribution in [0, 0.1) is 6.92 Å². The third kappa shape index (κ3) is 3.46. The van der Waals surface area contributed by atoms with Crippen LogP contribution in [0.1, 0.15) is 11.1 Å². The number of aryl methyl sites for hydroxylation is 1. The monoisotopic (exact) mass is 263 g/mol. The van der Waals surface area contributed by atoms with E-state index in [1.165, 1.54) is 0 Å². The highest BCUT2D eigenvalue weighted by Gasteiger charge is 2.05. The Bertz CT molecular complexity index is 414. The largest absolute Gasteiger partial charge is 0.228 e. The van der Waals surface area contributed by atoms with E-state index in [0.717, 1.165) is 10.0 Å². The van der Waals surface area contributed by atoms with Gasteiger partial charge in [-0.1, -0.05) is 28.1 Å². The molecule has 0 saturated heterocycles. The molecule has 0 aliphatic carbocycles. The van der Waals surface area contributed by atoms with E-state index in [2.05, 4.69) is 15.9 Å². The molecule has 3 nitrogen and oxygen atoms in total. The van der Waals surface area contributed by atoms with Gasteiger partial charge in [-0.2, -0.15) is 0 Å². The zero-order valence-corrected chi connectivity index (χ0v) is 9.52. The molecule has 0 spiro atoms. The number of benzene rings is 1. The van der Waals surface area contributed by atoms with E-state index < -0.39 is 10.0 Å². The van der Waals surface area contributed by atoms with Crippen molar-refractivity contribution in [1.29, 1.82) is 0 Å². The summed E-state index contributed by atoms with van der Waals surface area (Å²) in [5.41, 5.74) is 1.71. The number of rotatable bonds is 2. The summed E-state index contributed by atoms with van der Waals surface area (Å²) in [6.07, 6.45) is 0. The van der Waals surface area contributed by atoms with Crippen LogP contribution in [0.3, 0.4) is 0 Å². The first-order valence-corrected chi connectivity index (χ1v) is 6.15. The molecule has 1 rings (SSSR count). The number of hydrogen-bond donors (Lipinski definition) is 1. The van der Waals surface area contributed by atoms with Crippen molar-refractivity contribution in [2.24, 2.45) is 5.14 Å². The van der Waals surface area contributed by atoms with Crippen molar-refractivity contribution in [3.05, 3.63) is 33.8 Å².